The number of unbranched alkanes of at least 4 members (excludes halogenated alkanes) is 2. The van der Waals surface area contributed by atoms with Crippen molar-refractivity contribution in [2.45, 2.75) is 150 Å². The number of halogens is 2. The van der Waals surface area contributed by atoms with Gasteiger partial charge in [-0.25, -0.2) is 14.7 Å². The van der Waals surface area contributed by atoms with Gasteiger partial charge in [-0.05, 0) is 214 Å². The van der Waals surface area contributed by atoms with Crippen LogP contribution in [0.2, 0.25) is 0 Å². The molecular weight excluding hydrogens is 1400 g/mol. The molecule has 3 saturated heterocycles. The first kappa shape index (κ1) is 87.2. The summed E-state index contributed by atoms with van der Waals surface area (Å²) in [6, 6.07) is 47.0. The Bertz CT molecular complexity index is 3310. The van der Waals surface area contributed by atoms with Crippen molar-refractivity contribution in [3.63, 3.8) is 0 Å². The molecule has 0 aliphatic carbocycles. The Morgan fingerprint density at radius 2 is 1.01 bits per heavy atom. The number of carbonyl (C=O) groups is 4. The molecule has 0 saturated carbocycles. The molecule has 17 nitrogen and oxygen atoms in total. The summed E-state index contributed by atoms with van der Waals surface area (Å²) < 4.78 is 40.1. The molecule has 3 heterocycles. The van der Waals surface area contributed by atoms with Gasteiger partial charge in [0.1, 0.15) is 45.7 Å². The van der Waals surface area contributed by atoms with Crippen LogP contribution >= 0.6 is 22.6 Å². The number of hydrogen-bond acceptors (Lipinski definition) is 14. The molecule has 9 rings (SSSR count). The number of benzene rings is 6. The van der Waals surface area contributed by atoms with E-state index in [1.807, 2.05) is 202 Å². The number of ether oxygens (including phenoxy) is 7. The fourth-order valence-electron chi connectivity index (χ4n) is 11.2. The predicted molar refractivity (Wildman–Crippen MR) is 398 cm³/mol. The van der Waals surface area contributed by atoms with E-state index in [2.05, 4.69) is 34.8 Å². The second-order valence-corrected chi connectivity index (χ2v) is 27.7. The van der Waals surface area contributed by atoms with E-state index in [9.17, 15) is 24.3 Å². The van der Waals surface area contributed by atoms with E-state index in [4.69, 9.17) is 38.0 Å². The van der Waals surface area contributed by atoms with Crippen molar-refractivity contribution in [1.82, 2.24) is 20.2 Å². The van der Waals surface area contributed by atoms with Gasteiger partial charge in [-0.1, -0.05) is 103 Å². The Morgan fingerprint density at radius 3 is 1.47 bits per heavy atom. The number of likely N-dealkylation sites (tertiary alicyclic amines) is 2. The molecule has 0 bridgehead atoms. The molecule has 0 radical (unpaired) electrons. The normalized spacial score (nSPS) is 16.3. The third-order valence-electron chi connectivity index (χ3n) is 16.5. The third kappa shape index (κ3) is 29.8. The van der Waals surface area contributed by atoms with Crippen molar-refractivity contribution in [3.8, 4) is 34.5 Å². The maximum Gasteiger partial charge on any atom is 2.00 e. The molecule has 2 N–H and O–H groups in total. The predicted octanol–water partition coefficient (Wildman–Crippen LogP) is 14.3. The monoisotopic (exact) mass is 1510 g/mol. The zero-order chi connectivity index (χ0) is 71.0. The second kappa shape index (κ2) is 45.1. The minimum atomic E-state index is -0.916. The molecule has 99 heavy (non-hydrogen) atoms. The van der Waals surface area contributed by atoms with Gasteiger partial charge in [0.25, 0.3) is 5.91 Å². The van der Waals surface area contributed by atoms with Crippen molar-refractivity contribution in [2.24, 2.45) is 17.8 Å². The van der Waals surface area contributed by atoms with Gasteiger partial charge in [-0.3, -0.25) is 14.4 Å². The van der Waals surface area contributed by atoms with Crippen molar-refractivity contribution < 1.29 is 74.7 Å². The van der Waals surface area contributed by atoms with Crippen LogP contribution in [-0.2, 0) is 34.2 Å². The Kier molecular flexibility index (Phi) is 39.7. The summed E-state index contributed by atoms with van der Waals surface area (Å²) in [6.45, 7) is 26.2. The summed E-state index contributed by atoms with van der Waals surface area (Å²) in [7, 11) is 6.46. The summed E-state index contributed by atoms with van der Waals surface area (Å²) in [5.74, 6) is 4.27. The van der Waals surface area contributed by atoms with E-state index in [0.717, 1.165) is 145 Å². The molecule has 3 aliphatic heterocycles. The molecule has 3 fully saturated rings. The first-order valence-corrected chi connectivity index (χ1v) is 35.1. The van der Waals surface area contributed by atoms with Gasteiger partial charge in [-0.15, -0.1) is 0 Å². The SMILES string of the molecule is COCCCC[C@@](O)(c1ccccc1Oc1ccccc1C)[C@@H]1CCCNC1.CON(C)C(=O)[C@@H]1CCCN(C(=O)OC(C)(C)C)C1.Cc1ccccc1Oc1ccccc1C(=O)[C@@H]1CCCN(C(=O)OC(C)(C)C)C1.Cc1ccccc1Oc1ccccc1I.[CH2-]CCCOC.[Cl-].[Mg+2]. The number of rotatable bonds is 20. The van der Waals surface area contributed by atoms with Gasteiger partial charge in [0, 0.05) is 84.6 Å². The number of nitrogens with zero attached hydrogens (tertiary/aromatic N) is 3. The number of hydroxylamine groups is 2. The van der Waals surface area contributed by atoms with Gasteiger partial charge in [0.2, 0.25) is 0 Å². The van der Waals surface area contributed by atoms with Gasteiger partial charge in [0.05, 0.1) is 27.8 Å². The van der Waals surface area contributed by atoms with E-state index < -0.39 is 16.8 Å². The van der Waals surface area contributed by atoms with E-state index >= 15 is 0 Å². The number of nitrogens with one attached hydrogen (secondary N) is 1. The molecule has 3 amide bonds. The summed E-state index contributed by atoms with van der Waals surface area (Å²) in [6.07, 6.45) is 9.11. The van der Waals surface area contributed by atoms with Crippen LogP contribution in [-0.4, -0.2) is 159 Å². The first-order valence-electron chi connectivity index (χ1n) is 34.0. The number of carbonyl (C=O) groups excluding carboxylic acids is 4. The van der Waals surface area contributed by atoms with Crippen LogP contribution < -0.4 is 31.9 Å². The van der Waals surface area contributed by atoms with E-state index in [-0.39, 0.29) is 77.1 Å². The van der Waals surface area contributed by atoms with Crippen LogP contribution in [0.5, 0.6) is 34.5 Å². The minimum Gasteiger partial charge on any atom is -1.00 e. The van der Waals surface area contributed by atoms with E-state index in [1.54, 1.807) is 37.1 Å². The molecular formula is C79H108ClIMgN4O13. The quantitative estimate of drug-likeness (QED) is 0.0184. The van der Waals surface area contributed by atoms with Gasteiger partial charge in [-0.2, -0.15) is 6.42 Å². The second-order valence-electron chi connectivity index (χ2n) is 26.6. The zero-order valence-electron chi connectivity index (χ0n) is 60.9. The third-order valence-corrected chi connectivity index (χ3v) is 17.4. The summed E-state index contributed by atoms with van der Waals surface area (Å²) in [4.78, 5) is 57.8. The fraction of sp³-hybridized carbons (Fsp3) is 0.481. The fourth-order valence-corrected chi connectivity index (χ4v) is 11.7. The number of Topliss-reactive ketones (excluding diaryl/α,β-unsaturated/α-hetero) is 1. The molecule has 4 atom stereocenters. The summed E-state index contributed by atoms with van der Waals surface area (Å²) in [5, 5.41) is 16.7. The summed E-state index contributed by atoms with van der Waals surface area (Å²) >= 11 is 2.27. The van der Waals surface area contributed by atoms with Crippen LogP contribution in [0.25, 0.3) is 0 Å². The van der Waals surface area contributed by atoms with Crippen molar-refractivity contribution in [2.75, 3.05) is 80.9 Å². The molecule has 6 aromatic rings. The topological polar surface area (TPSA) is 184 Å². The number of ketones is 1. The van der Waals surface area contributed by atoms with E-state index in [1.165, 1.54) is 12.2 Å². The van der Waals surface area contributed by atoms with Crippen molar-refractivity contribution >= 4 is 69.5 Å². The number of aryl methyl sites for hydroxylation is 3. The van der Waals surface area contributed by atoms with Crippen LogP contribution in [0, 0.1) is 49.0 Å². The Morgan fingerprint density at radius 1 is 0.576 bits per heavy atom. The number of para-hydroxylation sites is 6. The van der Waals surface area contributed by atoms with Crippen molar-refractivity contribution in [3.05, 3.63) is 184 Å². The van der Waals surface area contributed by atoms with E-state index in [0.29, 0.717) is 43.9 Å². The van der Waals surface area contributed by atoms with Crippen molar-refractivity contribution in [1.29, 1.82) is 0 Å². The Hall–Kier alpha value is -6.01. The first-order chi connectivity index (χ1) is 46.3. The van der Waals surface area contributed by atoms with Gasteiger partial charge < -0.3 is 72.7 Å². The number of piperidine rings is 3. The van der Waals surface area contributed by atoms with Crippen LogP contribution in [0.3, 0.4) is 0 Å². The smallest absolute Gasteiger partial charge is 1.00 e. The molecule has 3 aliphatic rings. The average molecular weight is 1510 g/mol. The van der Waals surface area contributed by atoms with Crippen LogP contribution in [0.15, 0.2) is 146 Å². The van der Waals surface area contributed by atoms with Crippen LogP contribution in [0.4, 0.5) is 9.59 Å². The minimum absolute atomic E-state index is 0. The number of aliphatic hydroxyl groups is 1. The molecule has 20 heteroatoms. The molecule has 0 unspecified atom stereocenters. The maximum atomic E-state index is 13.3. The Labute approximate surface area is 626 Å². The molecule has 6 aromatic carbocycles. The van der Waals surface area contributed by atoms with Gasteiger partial charge >= 0.3 is 35.2 Å². The molecule has 0 spiro atoms. The average Bonchev–Trinajstić information content (AvgIpc) is 0.781. The van der Waals surface area contributed by atoms with Crippen LogP contribution in [0.1, 0.15) is 145 Å². The number of hydrogen-bond donors (Lipinski definition) is 2. The maximum absolute atomic E-state index is 13.3. The zero-order valence-corrected chi connectivity index (χ0v) is 65.2. The Balaban J connectivity index is 0.000000340. The number of methoxy groups -OCH3 is 2. The summed E-state index contributed by atoms with van der Waals surface area (Å²) in [5.41, 5.74) is 2.69. The van der Waals surface area contributed by atoms with Gasteiger partial charge in [0.15, 0.2) is 5.78 Å². The largest absolute Gasteiger partial charge is 2.00 e. The molecule has 0 aromatic heterocycles. The molecule has 538 valence electrons. The number of amides is 3. The standard InChI is InChI=1S/C24H29NO4.C24H33NO3.C13H11IO.C13H24N2O4.C5H11O.ClH.Mg/c1-17-10-5-7-13-20(17)28-21-14-8-6-12-19(21)22(26)18-11-9-15-25(16-18)23(27)29-24(2,3)4;1-19-10-3-5-13-22(19)28-23-14-6-4-12-21(23)24(26,15-7-8-17-27-2)20-11-9-16-25-18-20;1-10-6-2-4-8-12(10)15-13-9-5-3-7-11(13)14;1-13(2,3)19-12(17)15-8-6-7-10(9-15)11(16)14(4)18-5;1-3-4-5-6-2;;/h5-8,10,12-14,18H,9,11,15-16H2,1-4H3;3-6,10,12-14,20,25-26H,7-9,11,15-18H2,1-2H3;2-9H,1H3;10H,6-9H2,1-5H3;1,3-5H2,2H3;1H;/q;;;;-1;;+2/p-1/t18-;20-,24+;;10-;;;/m11.1.../s1.